The van der Waals surface area contributed by atoms with Gasteiger partial charge < -0.3 is 5.73 Å². The highest BCUT2D eigenvalue weighted by molar-refractivity contribution is 5.75. The van der Waals surface area contributed by atoms with E-state index < -0.39 is 0 Å². The SMILES string of the molecule is CN=Nc1cccc(N)c1N=NC. The summed E-state index contributed by atoms with van der Waals surface area (Å²) in [6, 6.07) is 5.33. The summed E-state index contributed by atoms with van der Waals surface area (Å²) >= 11 is 0. The summed E-state index contributed by atoms with van der Waals surface area (Å²) in [6.07, 6.45) is 0. The fourth-order valence-corrected chi connectivity index (χ4v) is 0.946. The van der Waals surface area contributed by atoms with E-state index in [0.717, 1.165) is 0 Å². The number of rotatable bonds is 2. The normalized spacial score (nSPS) is 11.5. The summed E-state index contributed by atoms with van der Waals surface area (Å²) in [6.45, 7) is 0. The van der Waals surface area contributed by atoms with Crippen LogP contribution in [0.3, 0.4) is 0 Å². The maximum absolute atomic E-state index is 5.68. The van der Waals surface area contributed by atoms with Gasteiger partial charge in [0.05, 0.1) is 5.69 Å². The molecule has 0 fully saturated rings. The second-order valence-electron chi connectivity index (χ2n) is 2.31. The summed E-state index contributed by atoms with van der Waals surface area (Å²) in [7, 11) is 3.18. The highest BCUT2D eigenvalue weighted by atomic mass is 15.1. The minimum atomic E-state index is 0.551. The zero-order valence-corrected chi connectivity index (χ0v) is 7.60. The lowest BCUT2D eigenvalue weighted by Crippen LogP contribution is -1.84. The molecule has 0 heterocycles. The van der Waals surface area contributed by atoms with Gasteiger partial charge >= 0.3 is 0 Å². The van der Waals surface area contributed by atoms with E-state index in [2.05, 4.69) is 20.5 Å². The molecule has 0 saturated carbocycles. The van der Waals surface area contributed by atoms with Gasteiger partial charge in [-0.1, -0.05) is 6.07 Å². The van der Waals surface area contributed by atoms with Gasteiger partial charge in [-0.15, -0.1) is 0 Å². The number of nitrogens with zero attached hydrogens (tertiary/aromatic N) is 4. The third kappa shape index (κ3) is 2.08. The molecule has 0 aliphatic heterocycles. The van der Waals surface area contributed by atoms with E-state index in [1.54, 1.807) is 32.3 Å². The maximum atomic E-state index is 5.68. The van der Waals surface area contributed by atoms with Crippen LogP contribution in [0.5, 0.6) is 0 Å². The Morgan fingerprint density at radius 1 is 1.08 bits per heavy atom. The molecular formula is C8H11N5. The van der Waals surface area contributed by atoms with Crippen LogP contribution in [-0.4, -0.2) is 14.1 Å². The lowest BCUT2D eigenvalue weighted by Gasteiger charge is -2.00. The van der Waals surface area contributed by atoms with Crippen LogP contribution in [0.2, 0.25) is 0 Å². The molecule has 0 bridgehead atoms. The van der Waals surface area contributed by atoms with E-state index in [0.29, 0.717) is 17.1 Å². The molecule has 68 valence electrons. The summed E-state index contributed by atoms with van der Waals surface area (Å²) < 4.78 is 0. The number of hydrogen-bond acceptors (Lipinski definition) is 5. The first-order valence-corrected chi connectivity index (χ1v) is 3.77. The smallest absolute Gasteiger partial charge is 0.136 e. The van der Waals surface area contributed by atoms with Crippen molar-refractivity contribution in [3.8, 4) is 0 Å². The molecular weight excluding hydrogens is 166 g/mol. The summed E-state index contributed by atoms with van der Waals surface area (Å²) in [5.41, 5.74) is 7.43. The molecule has 1 aromatic carbocycles. The van der Waals surface area contributed by atoms with E-state index in [4.69, 9.17) is 5.73 Å². The van der Waals surface area contributed by atoms with Gasteiger partial charge in [0.1, 0.15) is 11.4 Å². The molecule has 0 radical (unpaired) electrons. The van der Waals surface area contributed by atoms with Crippen molar-refractivity contribution in [3.05, 3.63) is 18.2 Å². The quantitative estimate of drug-likeness (QED) is 0.547. The van der Waals surface area contributed by atoms with Crippen LogP contribution in [-0.2, 0) is 0 Å². The van der Waals surface area contributed by atoms with E-state index in [9.17, 15) is 0 Å². The Kier molecular flexibility index (Phi) is 3.08. The van der Waals surface area contributed by atoms with Crippen LogP contribution in [0.1, 0.15) is 0 Å². The van der Waals surface area contributed by atoms with Crippen molar-refractivity contribution in [1.82, 2.24) is 0 Å². The third-order valence-corrected chi connectivity index (χ3v) is 1.45. The minimum absolute atomic E-state index is 0.551. The highest BCUT2D eigenvalue weighted by Crippen LogP contribution is 2.33. The summed E-state index contributed by atoms with van der Waals surface area (Å²) in [5.74, 6) is 0. The third-order valence-electron chi connectivity index (χ3n) is 1.45. The van der Waals surface area contributed by atoms with Crippen molar-refractivity contribution in [1.29, 1.82) is 0 Å². The molecule has 1 aromatic rings. The van der Waals surface area contributed by atoms with Crippen molar-refractivity contribution < 1.29 is 0 Å². The highest BCUT2D eigenvalue weighted by Gasteiger charge is 2.03. The van der Waals surface area contributed by atoms with Gasteiger partial charge in [-0.05, 0) is 12.1 Å². The van der Waals surface area contributed by atoms with Gasteiger partial charge in [0, 0.05) is 14.1 Å². The second kappa shape index (κ2) is 4.30. The molecule has 0 atom stereocenters. The van der Waals surface area contributed by atoms with Crippen molar-refractivity contribution in [3.63, 3.8) is 0 Å². The maximum Gasteiger partial charge on any atom is 0.136 e. The van der Waals surface area contributed by atoms with Gasteiger partial charge in [0.25, 0.3) is 0 Å². The standard InChI is InChI=1S/C8H11N5/c1-10-12-7-5-3-4-6(9)8(7)13-11-2/h3-5H,9H2,1-2H3. The Morgan fingerprint density at radius 2 is 1.77 bits per heavy atom. The van der Waals surface area contributed by atoms with Crippen molar-refractivity contribution in [2.45, 2.75) is 0 Å². The molecule has 0 spiro atoms. The van der Waals surface area contributed by atoms with Gasteiger partial charge in [-0.2, -0.15) is 20.5 Å². The van der Waals surface area contributed by atoms with E-state index in [1.807, 2.05) is 0 Å². The fourth-order valence-electron chi connectivity index (χ4n) is 0.946. The number of nitrogens with two attached hydrogens (primary N) is 1. The Balaban J connectivity index is 3.25. The zero-order valence-electron chi connectivity index (χ0n) is 7.60. The Morgan fingerprint density at radius 3 is 2.38 bits per heavy atom. The van der Waals surface area contributed by atoms with Crippen LogP contribution in [0.25, 0.3) is 0 Å². The molecule has 1 rings (SSSR count). The monoisotopic (exact) mass is 177 g/mol. The first kappa shape index (κ1) is 9.31. The minimum Gasteiger partial charge on any atom is -0.397 e. The van der Waals surface area contributed by atoms with Crippen LogP contribution in [0, 0.1) is 0 Å². The molecule has 0 aliphatic carbocycles. The molecule has 13 heavy (non-hydrogen) atoms. The molecule has 0 aromatic heterocycles. The zero-order chi connectivity index (χ0) is 9.68. The number of anilines is 1. The Hall–Kier alpha value is -1.78. The van der Waals surface area contributed by atoms with Crippen LogP contribution >= 0.6 is 0 Å². The van der Waals surface area contributed by atoms with Gasteiger partial charge in [-0.3, -0.25) is 0 Å². The van der Waals surface area contributed by atoms with Gasteiger partial charge in [0.2, 0.25) is 0 Å². The Bertz CT molecular complexity index is 342. The van der Waals surface area contributed by atoms with Crippen molar-refractivity contribution >= 4 is 17.1 Å². The predicted octanol–water partition coefficient (Wildman–Crippen LogP) is 2.70. The fraction of sp³-hybridized carbons (Fsp3) is 0.250. The summed E-state index contributed by atoms with van der Waals surface area (Å²) in [5, 5.41) is 15.1. The number of azo groups is 2. The summed E-state index contributed by atoms with van der Waals surface area (Å²) in [4.78, 5) is 0. The lowest BCUT2D eigenvalue weighted by molar-refractivity contribution is 1.13. The van der Waals surface area contributed by atoms with E-state index in [1.165, 1.54) is 0 Å². The van der Waals surface area contributed by atoms with Crippen LogP contribution in [0.15, 0.2) is 38.7 Å². The van der Waals surface area contributed by atoms with Gasteiger partial charge in [-0.25, -0.2) is 0 Å². The van der Waals surface area contributed by atoms with Crippen molar-refractivity contribution in [2.75, 3.05) is 19.8 Å². The first-order chi connectivity index (χ1) is 6.29. The molecule has 2 N–H and O–H groups in total. The average Bonchev–Trinajstić information content (AvgIpc) is 2.11. The van der Waals surface area contributed by atoms with Crippen LogP contribution in [0.4, 0.5) is 17.1 Å². The van der Waals surface area contributed by atoms with E-state index in [-0.39, 0.29) is 0 Å². The number of hydrogen-bond donors (Lipinski definition) is 1. The van der Waals surface area contributed by atoms with Crippen molar-refractivity contribution in [2.24, 2.45) is 20.5 Å². The largest absolute Gasteiger partial charge is 0.397 e. The first-order valence-electron chi connectivity index (χ1n) is 3.77. The molecule has 0 aliphatic rings. The van der Waals surface area contributed by atoms with Crippen LogP contribution < -0.4 is 5.73 Å². The Labute approximate surface area is 76.4 Å². The topological polar surface area (TPSA) is 75.5 Å². The average molecular weight is 177 g/mol. The molecule has 0 unspecified atom stereocenters. The molecule has 5 nitrogen and oxygen atoms in total. The number of benzene rings is 1. The van der Waals surface area contributed by atoms with E-state index >= 15 is 0 Å². The lowest BCUT2D eigenvalue weighted by atomic mass is 10.2. The number of nitrogen functional groups attached to an aromatic ring is 1. The molecule has 0 amide bonds. The second-order valence-corrected chi connectivity index (χ2v) is 2.31. The molecule has 5 heteroatoms. The molecule has 0 saturated heterocycles. The predicted molar refractivity (Wildman–Crippen MR) is 51.7 cm³/mol. The van der Waals surface area contributed by atoms with Gasteiger partial charge in [0.15, 0.2) is 0 Å².